The van der Waals surface area contributed by atoms with Crippen molar-refractivity contribution in [1.29, 1.82) is 0 Å². The van der Waals surface area contributed by atoms with E-state index in [1.54, 1.807) is 4.52 Å². The summed E-state index contributed by atoms with van der Waals surface area (Å²) in [5.74, 6) is -1.26. The van der Waals surface area contributed by atoms with E-state index in [2.05, 4.69) is 15.4 Å². The van der Waals surface area contributed by atoms with Crippen molar-refractivity contribution in [3.05, 3.63) is 58.0 Å². The molecule has 1 N–H and O–H groups in total. The smallest absolute Gasteiger partial charge is 0.306 e. The molecule has 0 aliphatic rings. The highest BCUT2D eigenvalue weighted by atomic mass is 16.5. The number of hydrogen-bond donors (Lipinski definition) is 1. The number of nitrogens with one attached hydrogen (secondary N) is 1. The summed E-state index contributed by atoms with van der Waals surface area (Å²) in [6.45, 7) is 9.00. The second kappa shape index (κ2) is 10.5. The minimum Gasteiger partial charge on any atom is -0.456 e. The third-order valence-electron chi connectivity index (χ3n) is 5.77. The number of para-hydroxylation sites is 1. The van der Waals surface area contributed by atoms with Crippen molar-refractivity contribution in [2.75, 3.05) is 25.5 Å². The Hall–Kier alpha value is -3.75. The molecule has 2 aromatic heterocycles. The van der Waals surface area contributed by atoms with E-state index in [-0.39, 0.29) is 18.9 Å². The van der Waals surface area contributed by atoms with Gasteiger partial charge in [0.1, 0.15) is 0 Å². The summed E-state index contributed by atoms with van der Waals surface area (Å²) in [4.78, 5) is 42.8. The van der Waals surface area contributed by atoms with Crippen LogP contribution in [0.2, 0.25) is 0 Å². The van der Waals surface area contributed by atoms with Crippen LogP contribution in [0.4, 0.5) is 5.69 Å². The van der Waals surface area contributed by atoms with Crippen molar-refractivity contribution in [2.45, 2.75) is 47.5 Å². The maximum absolute atomic E-state index is 12.4. The number of fused-ring (bicyclic) bond motifs is 1. The summed E-state index contributed by atoms with van der Waals surface area (Å²) >= 11 is 0. The van der Waals surface area contributed by atoms with Crippen LogP contribution in [0.5, 0.6) is 0 Å². The summed E-state index contributed by atoms with van der Waals surface area (Å²) in [5.41, 5.74) is 6.96. The number of benzene rings is 1. The molecular formula is C25H31N5O4. The van der Waals surface area contributed by atoms with E-state index in [0.717, 1.165) is 45.1 Å². The first-order chi connectivity index (χ1) is 16.1. The highest BCUT2D eigenvalue weighted by Crippen LogP contribution is 2.19. The van der Waals surface area contributed by atoms with Gasteiger partial charge in [0.2, 0.25) is 5.91 Å². The zero-order valence-corrected chi connectivity index (χ0v) is 20.6. The number of carbonyl (C=O) groups excluding carboxylic acids is 3. The Morgan fingerprint density at radius 3 is 2.44 bits per heavy atom. The SMILES string of the molecule is Cc1cc2nc(C)c(CCC(=O)OCC(=O)N(C)CC(=O)Nc3c(C)cccc3C)c(C)n2n1. The number of esters is 1. The van der Waals surface area contributed by atoms with Crippen LogP contribution in [-0.4, -0.2) is 57.5 Å². The predicted molar refractivity (Wildman–Crippen MR) is 129 cm³/mol. The van der Waals surface area contributed by atoms with Crippen LogP contribution in [0.3, 0.4) is 0 Å². The summed E-state index contributed by atoms with van der Waals surface area (Å²) in [5, 5.41) is 7.27. The Balaban J connectivity index is 1.48. The highest BCUT2D eigenvalue weighted by molar-refractivity contribution is 5.96. The fraction of sp³-hybridized carbons (Fsp3) is 0.400. The molecule has 0 fully saturated rings. The van der Waals surface area contributed by atoms with Crippen LogP contribution in [-0.2, 0) is 25.5 Å². The van der Waals surface area contributed by atoms with Crippen LogP contribution in [0.1, 0.15) is 40.2 Å². The minimum atomic E-state index is -0.489. The zero-order chi connectivity index (χ0) is 25.0. The average Bonchev–Trinajstić information content (AvgIpc) is 3.14. The van der Waals surface area contributed by atoms with E-state index in [1.165, 1.54) is 11.9 Å². The summed E-state index contributed by atoms with van der Waals surface area (Å²) in [6.07, 6.45) is 0.541. The van der Waals surface area contributed by atoms with Gasteiger partial charge in [-0.3, -0.25) is 14.4 Å². The van der Waals surface area contributed by atoms with Gasteiger partial charge in [-0.15, -0.1) is 0 Å². The van der Waals surface area contributed by atoms with Gasteiger partial charge in [0.15, 0.2) is 12.3 Å². The number of ether oxygens (including phenoxy) is 1. The van der Waals surface area contributed by atoms with Gasteiger partial charge in [0.05, 0.1) is 12.2 Å². The average molecular weight is 466 g/mol. The molecule has 0 bridgehead atoms. The van der Waals surface area contributed by atoms with E-state index in [1.807, 2.05) is 58.9 Å². The van der Waals surface area contributed by atoms with Crippen molar-refractivity contribution in [3.63, 3.8) is 0 Å². The number of amides is 2. The lowest BCUT2D eigenvalue weighted by molar-refractivity contribution is -0.151. The molecule has 0 spiro atoms. The number of carbonyl (C=O) groups is 3. The Labute approximate surface area is 199 Å². The first-order valence-corrected chi connectivity index (χ1v) is 11.1. The van der Waals surface area contributed by atoms with Crippen molar-refractivity contribution >= 4 is 29.1 Å². The molecule has 3 rings (SSSR count). The quantitative estimate of drug-likeness (QED) is 0.513. The summed E-state index contributed by atoms with van der Waals surface area (Å²) in [7, 11) is 1.50. The van der Waals surface area contributed by atoms with Gasteiger partial charge in [0.25, 0.3) is 5.91 Å². The molecule has 0 atom stereocenters. The normalized spacial score (nSPS) is 10.9. The Bertz CT molecular complexity index is 1230. The molecule has 0 aliphatic heterocycles. The monoisotopic (exact) mass is 465 g/mol. The maximum Gasteiger partial charge on any atom is 0.306 e. The van der Waals surface area contributed by atoms with E-state index >= 15 is 0 Å². The van der Waals surface area contributed by atoms with Gasteiger partial charge in [-0.05, 0) is 57.7 Å². The molecule has 3 aromatic rings. The van der Waals surface area contributed by atoms with E-state index in [9.17, 15) is 14.4 Å². The van der Waals surface area contributed by atoms with Crippen molar-refractivity contribution in [1.82, 2.24) is 19.5 Å². The number of rotatable bonds is 8. The Kier molecular flexibility index (Phi) is 7.65. The third kappa shape index (κ3) is 5.78. The molecule has 9 heteroatoms. The second-order valence-corrected chi connectivity index (χ2v) is 8.54. The fourth-order valence-electron chi connectivity index (χ4n) is 3.85. The predicted octanol–water partition coefficient (Wildman–Crippen LogP) is 2.84. The molecule has 0 unspecified atom stereocenters. The molecule has 0 saturated heterocycles. The van der Waals surface area contributed by atoms with Crippen molar-refractivity contribution < 1.29 is 19.1 Å². The molecule has 0 aliphatic carbocycles. The van der Waals surface area contributed by atoms with Crippen LogP contribution in [0.25, 0.3) is 5.65 Å². The topological polar surface area (TPSA) is 106 Å². The first-order valence-electron chi connectivity index (χ1n) is 11.1. The van der Waals surface area contributed by atoms with Crippen LogP contribution < -0.4 is 5.32 Å². The summed E-state index contributed by atoms with van der Waals surface area (Å²) < 4.78 is 6.92. The number of aromatic nitrogens is 3. The first kappa shape index (κ1) is 24.9. The molecule has 2 amide bonds. The molecule has 180 valence electrons. The highest BCUT2D eigenvalue weighted by Gasteiger charge is 2.17. The van der Waals surface area contributed by atoms with Gasteiger partial charge < -0.3 is 15.0 Å². The molecule has 9 nitrogen and oxygen atoms in total. The van der Waals surface area contributed by atoms with Gasteiger partial charge in [0, 0.05) is 36.6 Å². The van der Waals surface area contributed by atoms with Crippen molar-refractivity contribution in [3.8, 4) is 0 Å². The van der Waals surface area contributed by atoms with Gasteiger partial charge in [-0.2, -0.15) is 5.10 Å². The molecule has 1 aromatic carbocycles. The number of anilines is 1. The number of nitrogens with zero attached hydrogens (tertiary/aromatic N) is 4. The third-order valence-corrected chi connectivity index (χ3v) is 5.77. The molecule has 34 heavy (non-hydrogen) atoms. The van der Waals surface area contributed by atoms with Gasteiger partial charge in [-0.1, -0.05) is 18.2 Å². The number of aryl methyl sites for hydroxylation is 5. The Morgan fingerprint density at radius 1 is 1.09 bits per heavy atom. The fourth-order valence-corrected chi connectivity index (χ4v) is 3.85. The van der Waals surface area contributed by atoms with Crippen molar-refractivity contribution in [2.24, 2.45) is 0 Å². The number of likely N-dealkylation sites (N-methyl/N-ethyl adjacent to an activating group) is 1. The van der Waals surface area contributed by atoms with E-state index in [0.29, 0.717) is 6.42 Å². The Morgan fingerprint density at radius 2 is 1.76 bits per heavy atom. The van der Waals surface area contributed by atoms with Crippen LogP contribution in [0, 0.1) is 34.6 Å². The number of hydrogen-bond acceptors (Lipinski definition) is 6. The lowest BCUT2D eigenvalue weighted by atomic mass is 10.1. The largest absolute Gasteiger partial charge is 0.456 e. The standard InChI is InChI=1S/C25H31N5O4/c1-15-8-7-9-16(2)25(15)27-22(31)13-29(6)23(32)14-34-24(33)11-10-20-18(4)26-21-12-17(3)28-30(21)19(20)5/h7-9,12H,10-11,13-14H2,1-6H3,(H,27,31). The van der Waals surface area contributed by atoms with Gasteiger partial charge >= 0.3 is 5.97 Å². The molecule has 2 heterocycles. The molecular weight excluding hydrogens is 434 g/mol. The van der Waals surface area contributed by atoms with E-state index < -0.39 is 18.5 Å². The van der Waals surface area contributed by atoms with E-state index in [4.69, 9.17) is 4.74 Å². The molecule has 0 radical (unpaired) electrons. The van der Waals surface area contributed by atoms with Crippen LogP contribution >= 0.6 is 0 Å². The second-order valence-electron chi connectivity index (χ2n) is 8.54. The zero-order valence-electron chi connectivity index (χ0n) is 20.6. The minimum absolute atomic E-state index is 0.110. The lowest BCUT2D eigenvalue weighted by Crippen LogP contribution is -2.37. The molecule has 0 saturated carbocycles. The lowest BCUT2D eigenvalue weighted by Gasteiger charge is -2.18. The maximum atomic E-state index is 12.4. The van der Waals surface area contributed by atoms with Gasteiger partial charge in [-0.25, -0.2) is 9.50 Å². The van der Waals surface area contributed by atoms with Crippen LogP contribution in [0.15, 0.2) is 24.3 Å². The summed E-state index contributed by atoms with van der Waals surface area (Å²) in [6, 6.07) is 7.64.